The van der Waals surface area contributed by atoms with Crippen molar-refractivity contribution in [1.82, 2.24) is 9.80 Å². The number of hydrogen-bond acceptors (Lipinski definition) is 5. The first-order valence-electron chi connectivity index (χ1n) is 22.3. The maximum absolute atomic E-state index is 14.5. The van der Waals surface area contributed by atoms with Crippen molar-refractivity contribution >= 4 is 96.0 Å². The summed E-state index contributed by atoms with van der Waals surface area (Å²) < 4.78 is 9.84. The monoisotopic (exact) mass is 1080 g/mol. The van der Waals surface area contributed by atoms with Crippen molar-refractivity contribution in [2.45, 2.75) is 13.8 Å². The Morgan fingerprint density at radius 2 is 1.07 bits per heavy atom. The van der Waals surface area contributed by atoms with Crippen molar-refractivity contribution < 1.29 is 41.9 Å². The Kier molecular flexibility index (Phi) is 10.7. The second-order valence-corrected chi connectivity index (χ2v) is 21.1. The van der Waals surface area contributed by atoms with Gasteiger partial charge in [-0.05, 0) is 6.92 Å². The van der Waals surface area contributed by atoms with Gasteiger partial charge in [0, 0.05) is 7.05 Å². The molecule has 1 fully saturated rings. The molecule has 1 saturated heterocycles. The molecule has 0 aromatic heterocycles. The van der Waals surface area contributed by atoms with Gasteiger partial charge in [0.05, 0.1) is 0 Å². The Bertz CT molecular complexity index is 3700. The number of carbonyl (C=O) groups excluding carboxylic acids is 4. The van der Waals surface area contributed by atoms with Gasteiger partial charge in [0.15, 0.2) is 0 Å². The van der Waals surface area contributed by atoms with Crippen LogP contribution in [0.2, 0.25) is 0 Å². The molecule has 3 heterocycles. The van der Waals surface area contributed by atoms with Crippen molar-refractivity contribution in [2.75, 3.05) is 27.3 Å². The number of amides is 4. The van der Waals surface area contributed by atoms with Gasteiger partial charge in [-0.25, -0.2) is 0 Å². The Hall–Kier alpha value is -7.33. The van der Waals surface area contributed by atoms with Crippen LogP contribution in [0.1, 0.15) is 66.4 Å². The fourth-order valence-corrected chi connectivity index (χ4v) is 16.3. The Balaban J connectivity index is 1.34. The van der Waals surface area contributed by atoms with Gasteiger partial charge in [0.2, 0.25) is 0 Å². The molecule has 68 heavy (non-hydrogen) atoms. The summed E-state index contributed by atoms with van der Waals surface area (Å²) in [5.74, 6) is 5.86. The van der Waals surface area contributed by atoms with E-state index in [1.54, 1.807) is 30.1 Å². The normalized spacial score (nSPS) is 16.5. The number of imide groups is 2. The molecule has 0 aliphatic carbocycles. The third-order valence-electron chi connectivity index (χ3n) is 13.7. The molecular weight excluding hydrogens is 1040 g/mol. The van der Waals surface area contributed by atoms with E-state index < -0.39 is 13.2 Å². The molecule has 9 heteroatoms. The SMILES string of the molecule is CC=C1COCC1=CC(C#Cc1cc2c3c(ccc4c5c(/C=C/C)cc6c7c(ccc(c1c34)c75)C(=O)N(C)C6=O)C(=O)N(C)C2=O)=C([C]#[Os])[P+](c1ccccc1)(c1ccccc1)c1ccccc1. The molecule has 7 nitrogen and oxygen atoms in total. The van der Waals surface area contributed by atoms with Crippen molar-refractivity contribution in [1.29, 1.82) is 0 Å². The quantitative estimate of drug-likeness (QED) is 0.0545. The molecule has 3 aliphatic rings. The van der Waals surface area contributed by atoms with Gasteiger partial charge in [0.25, 0.3) is 0 Å². The molecule has 0 N–H and O–H groups in total. The molecule has 329 valence electrons. The zero-order chi connectivity index (χ0) is 47.0. The Labute approximate surface area is 403 Å². The van der Waals surface area contributed by atoms with Crippen LogP contribution in [0.5, 0.6) is 0 Å². The van der Waals surface area contributed by atoms with Crippen molar-refractivity contribution in [3.63, 3.8) is 0 Å². The predicted octanol–water partition coefficient (Wildman–Crippen LogP) is 10.2. The number of rotatable bonds is 6. The van der Waals surface area contributed by atoms with Crippen molar-refractivity contribution in [3.05, 3.63) is 201 Å². The summed E-state index contributed by atoms with van der Waals surface area (Å²) in [6, 6.07) is 43.0. The maximum atomic E-state index is 14.5. The second-order valence-electron chi connectivity index (χ2n) is 17.1. The van der Waals surface area contributed by atoms with Gasteiger partial charge in [-0.15, -0.1) is 0 Å². The molecular formula is C59H41N2O5OsP+. The summed E-state index contributed by atoms with van der Waals surface area (Å²) >= 11 is 1.69. The number of nitrogens with zero attached hydrogens (tertiary/aromatic N) is 2. The average Bonchev–Trinajstić information content (AvgIpc) is 3.84. The second kappa shape index (κ2) is 16.8. The van der Waals surface area contributed by atoms with E-state index in [9.17, 15) is 19.2 Å². The van der Waals surface area contributed by atoms with Crippen LogP contribution in [0.3, 0.4) is 0 Å². The summed E-state index contributed by atoms with van der Waals surface area (Å²) in [6.07, 6.45) is 8.14. The molecule has 4 amide bonds. The molecule has 8 aromatic rings. The fraction of sp³-hybridized carbons (Fsp3) is 0.102. The van der Waals surface area contributed by atoms with Gasteiger partial charge in [0.1, 0.15) is 0 Å². The van der Waals surface area contributed by atoms with Gasteiger partial charge >= 0.3 is 372 Å². The molecule has 0 spiro atoms. The summed E-state index contributed by atoms with van der Waals surface area (Å²) in [5, 5.41) is 10.1. The van der Waals surface area contributed by atoms with Crippen molar-refractivity contribution in [3.8, 4) is 16.2 Å². The molecule has 3 aliphatic heterocycles. The van der Waals surface area contributed by atoms with E-state index in [2.05, 4.69) is 101 Å². The van der Waals surface area contributed by atoms with E-state index in [-0.39, 0.29) is 17.7 Å². The van der Waals surface area contributed by atoms with Crippen LogP contribution >= 0.6 is 7.26 Å². The molecule has 0 bridgehead atoms. The molecule has 11 rings (SSSR count). The van der Waals surface area contributed by atoms with Crippen molar-refractivity contribution in [2.24, 2.45) is 0 Å². The number of benzene rings is 8. The Morgan fingerprint density at radius 3 is 1.59 bits per heavy atom. The van der Waals surface area contributed by atoms with Crippen LogP contribution in [-0.2, 0) is 22.7 Å². The van der Waals surface area contributed by atoms with Crippen LogP contribution in [0.25, 0.3) is 49.2 Å². The number of hydrogen-bond donors (Lipinski definition) is 0. The first-order valence-corrected chi connectivity index (χ1v) is 25.4. The first-order chi connectivity index (χ1) is 33.1. The van der Waals surface area contributed by atoms with Gasteiger partial charge in [-0.2, -0.15) is 0 Å². The van der Waals surface area contributed by atoms with Crippen LogP contribution < -0.4 is 15.9 Å². The third kappa shape index (κ3) is 6.25. The molecule has 0 radical (unpaired) electrons. The van der Waals surface area contributed by atoms with E-state index >= 15 is 0 Å². The topological polar surface area (TPSA) is 84.0 Å². The standard InChI is InChI=1S/C59H41N2O5P.Os/c1-6-17-38-31-48-52-46(56(62)60(4)58(48)64)29-27-45-51-39(32-49-53-47(57(63)61(5)59(49)65)28-26-44(55(51)53)50(38)54(45)52)25-24-37(30-40-34-66-33-36(40)7-2)35(3)67(41-18-11-8-12-19-41,42-20-13-9-14-21-42)43-22-15-10-16-23-43;/h6-23,26-32H,33-34H2,1-2,4-5H3;/q+1;/b17-6+,36-7?,37-35?,40-30?;. The van der Waals surface area contributed by atoms with E-state index in [0.717, 1.165) is 75.8 Å². The number of ether oxygens (including phenoxy) is 1. The van der Waals surface area contributed by atoms with Crippen LogP contribution in [0, 0.1) is 16.2 Å². The summed E-state index contributed by atoms with van der Waals surface area (Å²) in [7, 11) is 0.289. The fourth-order valence-electron chi connectivity index (χ4n) is 10.6. The van der Waals surface area contributed by atoms with Gasteiger partial charge in [-0.1, -0.05) is 6.08 Å². The van der Waals surface area contributed by atoms with E-state index in [1.165, 1.54) is 23.9 Å². The van der Waals surface area contributed by atoms with Crippen LogP contribution in [-0.4, -0.2) is 60.7 Å². The summed E-state index contributed by atoms with van der Waals surface area (Å²) in [4.78, 5) is 58.8. The van der Waals surface area contributed by atoms with Crippen LogP contribution in [0.15, 0.2) is 168 Å². The van der Waals surface area contributed by atoms with Crippen LogP contribution in [0.4, 0.5) is 0 Å². The minimum absolute atomic E-state index is 0.375. The number of carbonyl (C=O) groups is 4. The Morgan fingerprint density at radius 1 is 0.588 bits per heavy atom. The number of fused-ring (bicyclic) bond motifs is 2. The van der Waals surface area contributed by atoms with Gasteiger partial charge in [-0.3, -0.25) is 14.5 Å². The minimum atomic E-state index is -2.74. The van der Waals surface area contributed by atoms with E-state index in [0.29, 0.717) is 51.8 Å². The molecule has 0 atom stereocenters. The van der Waals surface area contributed by atoms with E-state index in [1.807, 2.05) is 68.5 Å². The zero-order valence-electron chi connectivity index (χ0n) is 37.6. The predicted molar refractivity (Wildman–Crippen MR) is 271 cm³/mol. The zero-order valence-corrected chi connectivity index (χ0v) is 41.0. The average molecular weight is 1080 g/mol. The number of allylic oxidation sites excluding steroid dienone is 5. The van der Waals surface area contributed by atoms with E-state index in [4.69, 9.17) is 4.74 Å². The first kappa shape index (κ1) is 43.2. The molecule has 0 unspecified atom stereocenters. The van der Waals surface area contributed by atoms with Gasteiger partial charge < -0.3 is 0 Å². The third-order valence-corrected chi connectivity index (χ3v) is 19.0. The molecule has 0 saturated carbocycles. The molecule has 8 aromatic carbocycles. The summed E-state index contributed by atoms with van der Waals surface area (Å²) in [5.41, 5.74) is 5.85. The summed E-state index contributed by atoms with van der Waals surface area (Å²) in [6.45, 7) is 4.84.